The Hall–Kier alpha value is -1.59. The van der Waals surface area contributed by atoms with Crippen molar-refractivity contribution < 1.29 is 14.6 Å². The molecule has 128 valence electrons. The molecule has 0 spiro atoms. The van der Waals surface area contributed by atoms with Crippen LogP contribution in [0.25, 0.3) is 0 Å². The number of aliphatic hydroxyl groups excluding tert-OH is 1. The summed E-state index contributed by atoms with van der Waals surface area (Å²) in [5.41, 5.74) is 1.16. The number of para-hydroxylation sites is 1. The van der Waals surface area contributed by atoms with Crippen molar-refractivity contribution in [2.45, 2.75) is 39.3 Å². The smallest absolute Gasteiger partial charge is 0.222 e. The number of carbonyl (C=O) groups is 1. The third kappa shape index (κ3) is 4.69. The second kappa shape index (κ2) is 8.89. The Balaban J connectivity index is 2.08. The highest BCUT2D eigenvalue weighted by molar-refractivity contribution is 5.76. The van der Waals surface area contributed by atoms with Crippen LogP contribution in [0, 0.1) is 0 Å². The van der Waals surface area contributed by atoms with Gasteiger partial charge in [-0.15, -0.1) is 0 Å². The SMILES string of the molecule is CCOc1ccccc1CN1CCN(C(=O)CC)C[C@H]1CCO. The molecule has 0 unspecified atom stereocenters. The third-order valence-electron chi connectivity index (χ3n) is 4.37. The Morgan fingerprint density at radius 3 is 2.78 bits per heavy atom. The van der Waals surface area contributed by atoms with Gasteiger partial charge < -0.3 is 14.7 Å². The minimum absolute atomic E-state index is 0.141. The normalized spacial score (nSPS) is 18.9. The molecule has 23 heavy (non-hydrogen) atoms. The number of hydrogen-bond donors (Lipinski definition) is 1. The van der Waals surface area contributed by atoms with E-state index in [1.165, 1.54) is 0 Å². The highest BCUT2D eigenvalue weighted by atomic mass is 16.5. The molecule has 0 saturated carbocycles. The fraction of sp³-hybridized carbons (Fsp3) is 0.611. The Bertz CT molecular complexity index is 507. The molecular weight excluding hydrogens is 292 g/mol. The van der Waals surface area contributed by atoms with Crippen molar-refractivity contribution in [2.75, 3.05) is 32.8 Å². The fourth-order valence-corrected chi connectivity index (χ4v) is 3.12. The first kappa shape index (κ1) is 17.8. The van der Waals surface area contributed by atoms with Crippen molar-refractivity contribution in [3.63, 3.8) is 0 Å². The summed E-state index contributed by atoms with van der Waals surface area (Å²) >= 11 is 0. The highest BCUT2D eigenvalue weighted by Crippen LogP contribution is 2.23. The Labute approximate surface area is 138 Å². The van der Waals surface area contributed by atoms with Crippen LogP contribution in [-0.2, 0) is 11.3 Å². The number of nitrogens with zero attached hydrogens (tertiary/aromatic N) is 2. The lowest BCUT2D eigenvalue weighted by atomic mass is 10.1. The Morgan fingerprint density at radius 2 is 2.09 bits per heavy atom. The summed E-state index contributed by atoms with van der Waals surface area (Å²) in [7, 11) is 0. The zero-order valence-corrected chi connectivity index (χ0v) is 14.2. The van der Waals surface area contributed by atoms with Gasteiger partial charge in [-0.2, -0.15) is 0 Å². The Morgan fingerprint density at radius 1 is 1.30 bits per heavy atom. The zero-order valence-electron chi connectivity index (χ0n) is 14.2. The van der Waals surface area contributed by atoms with Crippen molar-refractivity contribution in [2.24, 2.45) is 0 Å². The van der Waals surface area contributed by atoms with Gasteiger partial charge >= 0.3 is 0 Å². The van der Waals surface area contributed by atoms with E-state index < -0.39 is 0 Å². The number of aliphatic hydroxyl groups is 1. The molecule has 5 heteroatoms. The first-order chi connectivity index (χ1) is 11.2. The molecule has 1 saturated heterocycles. The first-order valence-electron chi connectivity index (χ1n) is 8.53. The topological polar surface area (TPSA) is 53.0 Å². The summed E-state index contributed by atoms with van der Waals surface area (Å²) in [5, 5.41) is 9.37. The van der Waals surface area contributed by atoms with Crippen LogP contribution in [0.15, 0.2) is 24.3 Å². The lowest BCUT2D eigenvalue weighted by Gasteiger charge is -2.41. The molecule has 1 aromatic carbocycles. The van der Waals surface area contributed by atoms with Gasteiger partial charge in [0.25, 0.3) is 0 Å². The summed E-state index contributed by atoms with van der Waals surface area (Å²) in [6.45, 7) is 7.74. The van der Waals surface area contributed by atoms with Crippen LogP contribution in [0.4, 0.5) is 0 Å². The molecule has 0 aromatic heterocycles. The van der Waals surface area contributed by atoms with E-state index in [9.17, 15) is 9.90 Å². The second-order valence-corrected chi connectivity index (χ2v) is 5.87. The quantitative estimate of drug-likeness (QED) is 0.833. The molecule has 0 aliphatic carbocycles. The maximum Gasteiger partial charge on any atom is 0.222 e. The second-order valence-electron chi connectivity index (χ2n) is 5.87. The standard InChI is InChI=1S/C18H28N2O3/c1-3-18(22)20-11-10-19(16(14-20)9-12-21)13-15-7-5-6-8-17(15)23-4-2/h5-8,16,21H,3-4,9-14H2,1-2H3/t16-/m1/s1. The summed E-state index contributed by atoms with van der Waals surface area (Å²) < 4.78 is 5.71. The summed E-state index contributed by atoms with van der Waals surface area (Å²) in [5.74, 6) is 1.12. The van der Waals surface area contributed by atoms with Crippen LogP contribution in [0.2, 0.25) is 0 Å². The summed E-state index contributed by atoms with van der Waals surface area (Å²) in [4.78, 5) is 16.2. The molecule has 1 aliphatic heterocycles. The number of amides is 1. The number of ether oxygens (including phenoxy) is 1. The van der Waals surface area contributed by atoms with Crippen molar-refractivity contribution >= 4 is 5.91 Å². The number of benzene rings is 1. The minimum Gasteiger partial charge on any atom is -0.494 e. The average molecular weight is 320 g/mol. The number of piperazine rings is 1. The van der Waals surface area contributed by atoms with Gasteiger partial charge in [-0.1, -0.05) is 25.1 Å². The molecule has 2 rings (SSSR count). The van der Waals surface area contributed by atoms with Gasteiger partial charge in [-0.25, -0.2) is 0 Å². The molecule has 1 N–H and O–H groups in total. The number of hydrogen-bond acceptors (Lipinski definition) is 4. The van der Waals surface area contributed by atoms with Gasteiger partial charge in [-0.05, 0) is 19.4 Å². The van der Waals surface area contributed by atoms with Gasteiger partial charge in [0.2, 0.25) is 5.91 Å². The molecular formula is C18H28N2O3. The lowest BCUT2D eigenvalue weighted by molar-refractivity contribution is -0.134. The van der Waals surface area contributed by atoms with Crippen LogP contribution in [0.3, 0.4) is 0 Å². The van der Waals surface area contributed by atoms with Crippen molar-refractivity contribution in [3.8, 4) is 5.75 Å². The molecule has 0 radical (unpaired) electrons. The molecule has 1 heterocycles. The highest BCUT2D eigenvalue weighted by Gasteiger charge is 2.29. The predicted molar refractivity (Wildman–Crippen MR) is 90.4 cm³/mol. The van der Waals surface area contributed by atoms with Crippen LogP contribution in [0.5, 0.6) is 5.75 Å². The van der Waals surface area contributed by atoms with Crippen molar-refractivity contribution in [1.82, 2.24) is 9.80 Å². The average Bonchev–Trinajstić information content (AvgIpc) is 2.58. The van der Waals surface area contributed by atoms with Crippen molar-refractivity contribution in [3.05, 3.63) is 29.8 Å². The van der Waals surface area contributed by atoms with Crippen LogP contribution >= 0.6 is 0 Å². The van der Waals surface area contributed by atoms with E-state index in [2.05, 4.69) is 11.0 Å². The van der Waals surface area contributed by atoms with E-state index in [1.54, 1.807) is 0 Å². The summed E-state index contributed by atoms with van der Waals surface area (Å²) in [6.07, 6.45) is 1.23. The van der Waals surface area contributed by atoms with E-state index in [1.807, 2.05) is 36.9 Å². The molecule has 1 aliphatic rings. The zero-order chi connectivity index (χ0) is 16.7. The van der Waals surface area contributed by atoms with Gasteiger partial charge in [0.15, 0.2) is 0 Å². The molecule has 1 fully saturated rings. The van der Waals surface area contributed by atoms with E-state index in [0.717, 1.165) is 30.9 Å². The minimum atomic E-state index is 0.141. The number of carbonyl (C=O) groups excluding carboxylic acids is 1. The van der Waals surface area contributed by atoms with Crippen molar-refractivity contribution in [1.29, 1.82) is 0 Å². The van der Waals surface area contributed by atoms with E-state index in [0.29, 0.717) is 26.0 Å². The molecule has 1 amide bonds. The van der Waals surface area contributed by atoms with E-state index in [4.69, 9.17) is 4.74 Å². The van der Waals surface area contributed by atoms with Gasteiger partial charge in [-0.3, -0.25) is 9.69 Å². The third-order valence-corrected chi connectivity index (χ3v) is 4.37. The van der Waals surface area contributed by atoms with Crippen LogP contribution in [-0.4, -0.2) is 59.7 Å². The molecule has 5 nitrogen and oxygen atoms in total. The maximum atomic E-state index is 11.9. The van der Waals surface area contributed by atoms with Crippen LogP contribution in [0.1, 0.15) is 32.3 Å². The first-order valence-corrected chi connectivity index (χ1v) is 8.53. The predicted octanol–water partition coefficient (Wildman–Crippen LogP) is 1.89. The lowest BCUT2D eigenvalue weighted by Crippen LogP contribution is -2.54. The van der Waals surface area contributed by atoms with E-state index in [-0.39, 0.29) is 18.6 Å². The molecule has 1 atom stereocenters. The van der Waals surface area contributed by atoms with Gasteiger partial charge in [0.05, 0.1) is 6.61 Å². The fourth-order valence-electron chi connectivity index (χ4n) is 3.12. The Kier molecular flexibility index (Phi) is 6.86. The number of rotatable bonds is 7. The van der Waals surface area contributed by atoms with E-state index >= 15 is 0 Å². The maximum absolute atomic E-state index is 11.9. The summed E-state index contributed by atoms with van der Waals surface area (Å²) in [6, 6.07) is 8.29. The van der Waals surface area contributed by atoms with Gasteiger partial charge in [0.1, 0.15) is 5.75 Å². The van der Waals surface area contributed by atoms with Gasteiger partial charge in [0, 0.05) is 50.8 Å². The molecule has 0 bridgehead atoms. The largest absolute Gasteiger partial charge is 0.494 e. The van der Waals surface area contributed by atoms with Crippen LogP contribution < -0.4 is 4.74 Å². The molecule has 1 aromatic rings. The monoisotopic (exact) mass is 320 g/mol.